The quantitative estimate of drug-likeness (QED) is 0.739. The summed E-state index contributed by atoms with van der Waals surface area (Å²) in [6.45, 7) is 6.27. The van der Waals surface area contributed by atoms with Crippen molar-refractivity contribution in [1.29, 1.82) is 5.26 Å². The highest BCUT2D eigenvalue weighted by Crippen LogP contribution is 2.20. The van der Waals surface area contributed by atoms with Gasteiger partial charge in [0.25, 0.3) is 0 Å². The van der Waals surface area contributed by atoms with Gasteiger partial charge >= 0.3 is 0 Å². The third kappa shape index (κ3) is 3.17. The van der Waals surface area contributed by atoms with Crippen LogP contribution in [0.1, 0.15) is 13.8 Å². The van der Waals surface area contributed by atoms with Crippen LogP contribution in [-0.4, -0.2) is 19.7 Å². The minimum absolute atomic E-state index is 0.0989. The number of nitrogens with zero attached hydrogens (tertiary/aromatic N) is 2. The maximum absolute atomic E-state index is 8.41. The van der Waals surface area contributed by atoms with Gasteiger partial charge < -0.3 is 9.64 Å². The topological polar surface area (TPSA) is 36.3 Å². The van der Waals surface area contributed by atoms with Crippen LogP contribution in [0.5, 0.6) is 5.75 Å². The lowest BCUT2D eigenvalue weighted by Gasteiger charge is -2.21. The highest BCUT2D eigenvalue weighted by molar-refractivity contribution is 5.50. The van der Waals surface area contributed by atoms with E-state index in [0.29, 0.717) is 0 Å². The van der Waals surface area contributed by atoms with Crippen molar-refractivity contribution in [3.63, 3.8) is 0 Å². The molecular formula is C12H16N2O. The number of rotatable bonds is 5. The lowest BCUT2D eigenvalue weighted by molar-refractivity contribution is 0.368. The van der Waals surface area contributed by atoms with Crippen LogP contribution in [0.15, 0.2) is 24.3 Å². The van der Waals surface area contributed by atoms with Crippen LogP contribution in [-0.2, 0) is 0 Å². The van der Waals surface area contributed by atoms with Crippen LogP contribution in [0, 0.1) is 11.3 Å². The van der Waals surface area contributed by atoms with Gasteiger partial charge in [0.15, 0.2) is 6.61 Å². The third-order valence-electron chi connectivity index (χ3n) is 2.25. The Balaban J connectivity index is 2.77. The molecule has 0 radical (unpaired) electrons. The van der Waals surface area contributed by atoms with Crippen LogP contribution in [0.4, 0.5) is 5.69 Å². The van der Waals surface area contributed by atoms with E-state index in [2.05, 4.69) is 18.7 Å². The molecule has 0 bridgehead atoms. The van der Waals surface area contributed by atoms with E-state index in [4.69, 9.17) is 10.00 Å². The number of nitriles is 1. The second kappa shape index (κ2) is 5.92. The molecule has 3 nitrogen and oxygen atoms in total. The van der Waals surface area contributed by atoms with Crippen molar-refractivity contribution in [2.75, 3.05) is 24.6 Å². The van der Waals surface area contributed by atoms with E-state index >= 15 is 0 Å². The third-order valence-corrected chi connectivity index (χ3v) is 2.25. The summed E-state index contributed by atoms with van der Waals surface area (Å²) in [5, 5.41) is 8.41. The van der Waals surface area contributed by atoms with Gasteiger partial charge in [-0.1, -0.05) is 6.07 Å². The van der Waals surface area contributed by atoms with Crippen molar-refractivity contribution in [2.45, 2.75) is 13.8 Å². The summed E-state index contributed by atoms with van der Waals surface area (Å²) in [5.41, 5.74) is 1.13. The molecule has 0 unspecified atom stereocenters. The highest BCUT2D eigenvalue weighted by Gasteiger charge is 2.02. The standard InChI is InChI=1S/C12H16N2O/c1-3-14(4-2)11-6-5-7-12(10-11)15-9-8-13/h5-7,10H,3-4,9H2,1-2H3. The summed E-state index contributed by atoms with van der Waals surface area (Å²) in [4.78, 5) is 2.24. The van der Waals surface area contributed by atoms with Crippen molar-refractivity contribution >= 4 is 5.69 Å². The minimum atomic E-state index is 0.0989. The normalized spacial score (nSPS) is 9.40. The summed E-state index contributed by atoms with van der Waals surface area (Å²) in [7, 11) is 0. The van der Waals surface area contributed by atoms with Crippen LogP contribution in [0.2, 0.25) is 0 Å². The van der Waals surface area contributed by atoms with Gasteiger partial charge in [-0.2, -0.15) is 5.26 Å². The first-order valence-corrected chi connectivity index (χ1v) is 5.16. The molecule has 0 aliphatic carbocycles. The maximum Gasteiger partial charge on any atom is 0.174 e. The second-order valence-electron chi connectivity index (χ2n) is 3.12. The van der Waals surface area contributed by atoms with Crippen LogP contribution < -0.4 is 9.64 Å². The highest BCUT2D eigenvalue weighted by atomic mass is 16.5. The minimum Gasteiger partial charge on any atom is -0.479 e. The molecule has 3 heteroatoms. The number of benzene rings is 1. The lowest BCUT2D eigenvalue weighted by Crippen LogP contribution is -2.21. The lowest BCUT2D eigenvalue weighted by atomic mass is 10.2. The molecule has 0 aliphatic heterocycles. The van der Waals surface area contributed by atoms with E-state index in [1.54, 1.807) is 0 Å². The van der Waals surface area contributed by atoms with Gasteiger partial charge in [-0.15, -0.1) is 0 Å². The Hall–Kier alpha value is -1.69. The Labute approximate surface area is 90.9 Å². The Bertz CT molecular complexity index is 340. The molecule has 1 aromatic rings. The van der Waals surface area contributed by atoms with Crippen LogP contribution >= 0.6 is 0 Å². The molecule has 0 aliphatic rings. The second-order valence-corrected chi connectivity index (χ2v) is 3.12. The number of hydrogen-bond acceptors (Lipinski definition) is 3. The summed E-state index contributed by atoms with van der Waals surface area (Å²) in [5.74, 6) is 0.751. The van der Waals surface area contributed by atoms with Gasteiger partial charge in [-0.3, -0.25) is 0 Å². The van der Waals surface area contributed by atoms with Crippen molar-refractivity contribution in [1.82, 2.24) is 0 Å². The largest absolute Gasteiger partial charge is 0.479 e. The molecule has 0 fully saturated rings. The van der Waals surface area contributed by atoms with Gasteiger partial charge in [0.2, 0.25) is 0 Å². The van der Waals surface area contributed by atoms with Gasteiger partial charge in [0, 0.05) is 24.8 Å². The average Bonchev–Trinajstić information content (AvgIpc) is 2.29. The van der Waals surface area contributed by atoms with Gasteiger partial charge in [0.05, 0.1) is 0 Å². The molecule has 0 heterocycles. The van der Waals surface area contributed by atoms with E-state index in [1.165, 1.54) is 0 Å². The maximum atomic E-state index is 8.41. The van der Waals surface area contributed by atoms with Crippen LogP contribution in [0.25, 0.3) is 0 Å². The molecule has 0 atom stereocenters. The monoisotopic (exact) mass is 204 g/mol. The van der Waals surface area contributed by atoms with E-state index < -0.39 is 0 Å². The molecule has 0 saturated carbocycles. The molecule has 0 saturated heterocycles. The van der Waals surface area contributed by atoms with Crippen LogP contribution in [0.3, 0.4) is 0 Å². The SMILES string of the molecule is CCN(CC)c1cccc(OCC#N)c1. The molecule has 80 valence electrons. The molecule has 0 amide bonds. The molecular weight excluding hydrogens is 188 g/mol. The summed E-state index contributed by atoms with van der Waals surface area (Å²) in [6, 6.07) is 9.78. The van der Waals surface area contributed by atoms with E-state index in [9.17, 15) is 0 Å². The zero-order valence-electron chi connectivity index (χ0n) is 9.23. The number of ether oxygens (including phenoxy) is 1. The Kier molecular flexibility index (Phi) is 4.49. The summed E-state index contributed by atoms with van der Waals surface area (Å²) >= 11 is 0. The fourth-order valence-corrected chi connectivity index (χ4v) is 1.47. The first kappa shape index (κ1) is 11.4. The van der Waals surface area contributed by atoms with Crippen molar-refractivity contribution < 1.29 is 4.74 Å². The van der Waals surface area contributed by atoms with E-state index in [-0.39, 0.29) is 6.61 Å². The molecule has 15 heavy (non-hydrogen) atoms. The first-order valence-electron chi connectivity index (χ1n) is 5.16. The number of hydrogen-bond donors (Lipinski definition) is 0. The van der Waals surface area contributed by atoms with Gasteiger partial charge in [0.1, 0.15) is 11.8 Å². The molecule has 0 aromatic heterocycles. The Morgan fingerprint density at radius 1 is 1.33 bits per heavy atom. The fourth-order valence-electron chi connectivity index (χ4n) is 1.47. The van der Waals surface area contributed by atoms with Gasteiger partial charge in [-0.25, -0.2) is 0 Å². The molecule has 1 aromatic carbocycles. The molecule has 1 rings (SSSR count). The van der Waals surface area contributed by atoms with E-state index in [0.717, 1.165) is 24.5 Å². The molecule has 0 spiro atoms. The van der Waals surface area contributed by atoms with E-state index in [1.807, 2.05) is 30.3 Å². The fraction of sp³-hybridized carbons (Fsp3) is 0.417. The van der Waals surface area contributed by atoms with Crippen molar-refractivity contribution in [2.24, 2.45) is 0 Å². The molecule has 0 N–H and O–H groups in total. The van der Waals surface area contributed by atoms with Gasteiger partial charge in [-0.05, 0) is 26.0 Å². The van der Waals surface area contributed by atoms with Crippen molar-refractivity contribution in [3.05, 3.63) is 24.3 Å². The predicted molar refractivity (Wildman–Crippen MR) is 61.1 cm³/mol. The Morgan fingerprint density at radius 3 is 2.67 bits per heavy atom. The predicted octanol–water partition coefficient (Wildman–Crippen LogP) is 2.44. The summed E-state index contributed by atoms with van der Waals surface area (Å²) in [6.07, 6.45) is 0. The Morgan fingerprint density at radius 2 is 2.07 bits per heavy atom. The first-order chi connectivity index (χ1) is 7.31. The average molecular weight is 204 g/mol. The summed E-state index contributed by atoms with van der Waals surface area (Å²) < 4.78 is 5.25. The van der Waals surface area contributed by atoms with Crippen molar-refractivity contribution in [3.8, 4) is 11.8 Å². The zero-order valence-corrected chi connectivity index (χ0v) is 9.23. The number of anilines is 1. The zero-order chi connectivity index (χ0) is 11.1. The smallest absolute Gasteiger partial charge is 0.174 e.